The summed E-state index contributed by atoms with van der Waals surface area (Å²) in [6.07, 6.45) is 0. The molecule has 64 heavy (non-hydrogen) atoms. The average molecular weight is 815 g/mol. The van der Waals surface area contributed by atoms with Crippen molar-refractivity contribution >= 4 is 60.4 Å². The first-order valence-corrected chi connectivity index (χ1v) is 22.0. The molecule has 12 rings (SSSR count). The molecular formula is C62H42N2. The van der Waals surface area contributed by atoms with Crippen molar-refractivity contribution in [1.29, 1.82) is 0 Å². The second-order valence-electron chi connectivity index (χ2n) is 16.5. The molecule has 2 nitrogen and oxygen atoms in total. The van der Waals surface area contributed by atoms with Crippen LogP contribution in [0.25, 0.3) is 93.5 Å². The van der Waals surface area contributed by atoms with E-state index in [0.29, 0.717) is 0 Å². The van der Waals surface area contributed by atoms with Gasteiger partial charge >= 0.3 is 0 Å². The summed E-state index contributed by atoms with van der Waals surface area (Å²) in [6.45, 7) is 0. The monoisotopic (exact) mass is 814 g/mol. The zero-order chi connectivity index (χ0) is 42.4. The number of anilines is 3. The lowest BCUT2D eigenvalue weighted by atomic mass is 9.92. The fraction of sp³-hybridized carbons (Fsp3) is 0. The van der Waals surface area contributed by atoms with Gasteiger partial charge in [0.15, 0.2) is 0 Å². The maximum Gasteiger partial charge on any atom is 0.0541 e. The Labute approximate surface area is 373 Å². The number of rotatable bonds is 8. The number of hydrogen-bond donors (Lipinski definition) is 0. The Kier molecular flexibility index (Phi) is 9.20. The summed E-state index contributed by atoms with van der Waals surface area (Å²) in [5.74, 6) is 0. The lowest BCUT2D eigenvalue weighted by Crippen LogP contribution is -2.11. The summed E-state index contributed by atoms with van der Waals surface area (Å²) in [4.78, 5) is 2.44. The molecule has 0 atom stereocenters. The molecule has 0 spiro atoms. The minimum Gasteiger partial charge on any atom is -0.310 e. The predicted molar refractivity (Wildman–Crippen MR) is 272 cm³/mol. The number of aromatic nitrogens is 1. The van der Waals surface area contributed by atoms with Crippen molar-refractivity contribution < 1.29 is 0 Å². The highest BCUT2D eigenvalue weighted by Gasteiger charge is 2.21. The first kappa shape index (κ1) is 37.3. The minimum atomic E-state index is 1.08. The molecule has 0 fully saturated rings. The van der Waals surface area contributed by atoms with Gasteiger partial charge in [0, 0.05) is 33.2 Å². The highest BCUT2D eigenvalue weighted by molar-refractivity contribution is 6.11. The first-order chi connectivity index (χ1) is 31.8. The Morgan fingerprint density at radius 3 is 1.52 bits per heavy atom. The standard InChI is InChI=1S/C62H42N2/c1-3-17-43(18-4-1)44-33-35-48(36-34-44)63(62-40-39-55(54-26-9-10-27-56(54)62)53-30-16-22-45-21-7-8-25-51(45)53)50-37-38-52(59(42-50)46-19-5-2-6-20-46)47-23-15-24-49(41-47)64-60-31-13-11-28-57(60)58-29-12-14-32-61(58)64/h1-42H. The number of hydrogen-bond acceptors (Lipinski definition) is 1. The molecule has 0 aliphatic heterocycles. The normalized spacial score (nSPS) is 11.4. The van der Waals surface area contributed by atoms with Crippen molar-refractivity contribution in [2.45, 2.75) is 0 Å². The van der Waals surface area contributed by atoms with Crippen molar-refractivity contribution in [3.05, 3.63) is 255 Å². The number of benzene rings is 11. The van der Waals surface area contributed by atoms with Crippen molar-refractivity contribution in [2.24, 2.45) is 0 Å². The third-order valence-corrected chi connectivity index (χ3v) is 12.8. The summed E-state index contributed by atoms with van der Waals surface area (Å²) in [5, 5.41) is 7.40. The van der Waals surface area contributed by atoms with Crippen LogP contribution in [0.2, 0.25) is 0 Å². The topological polar surface area (TPSA) is 8.17 Å². The van der Waals surface area contributed by atoms with Crippen LogP contribution in [-0.4, -0.2) is 4.57 Å². The maximum atomic E-state index is 2.44. The van der Waals surface area contributed by atoms with Gasteiger partial charge in [-0.15, -0.1) is 0 Å². The third kappa shape index (κ3) is 6.44. The molecule has 1 aromatic heterocycles. The molecule has 0 N–H and O–H groups in total. The van der Waals surface area contributed by atoms with Gasteiger partial charge < -0.3 is 9.47 Å². The van der Waals surface area contributed by atoms with Crippen molar-refractivity contribution in [3.63, 3.8) is 0 Å². The van der Waals surface area contributed by atoms with Crippen molar-refractivity contribution in [3.8, 4) is 50.2 Å². The second-order valence-corrected chi connectivity index (χ2v) is 16.5. The van der Waals surface area contributed by atoms with E-state index in [1.54, 1.807) is 0 Å². The third-order valence-electron chi connectivity index (χ3n) is 12.8. The Bertz CT molecular complexity index is 3600. The Hall–Kier alpha value is -8.46. The molecule has 0 unspecified atom stereocenters. The van der Waals surface area contributed by atoms with Gasteiger partial charge in [0.2, 0.25) is 0 Å². The molecule has 1 heterocycles. The molecule has 0 bridgehead atoms. The summed E-state index contributed by atoms with van der Waals surface area (Å²) < 4.78 is 2.40. The molecule has 0 aliphatic rings. The lowest BCUT2D eigenvalue weighted by Gasteiger charge is -2.29. The molecule has 0 aliphatic carbocycles. The van der Waals surface area contributed by atoms with E-state index < -0.39 is 0 Å². The Balaban J connectivity index is 1.06. The van der Waals surface area contributed by atoms with Gasteiger partial charge in [0.25, 0.3) is 0 Å². The van der Waals surface area contributed by atoms with E-state index in [2.05, 4.69) is 264 Å². The SMILES string of the molecule is c1ccc(-c2ccc(N(c3ccc(-c4cccc(-n5c6ccccc6c6ccccc65)c4)c(-c4ccccc4)c3)c3ccc(-c4cccc5ccccc45)c4ccccc34)cc2)cc1. The fourth-order valence-electron chi connectivity index (χ4n) is 9.83. The second kappa shape index (κ2) is 15.8. The van der Waals surface area contributed by atoms with Crippen LogP contribution in [0, 0.1) is 0 Å². The maximum absolute atomic E-state index is 2.44. The summed E-state index contributed by atoms with van der Waals surface area (Å²) in [6, 6.07) is 92.8. The largest absolute Gasteiger partial charge is 0.310 e. The zero-order valence-corrected chi connectivity index (χ0v) is 35.1. The minimum absolute atomic E-state index is 1.08. The van der Waals surface area contributed by atoms with E-state index in [1.807, 2.05) is 0 Å². The van der Waals surface area contributed by atoms with Crippen LogP contribution < -0.4 is 4.90 Å². The van der Waals surface area contributed by atoms with Crippen molar-refractivity contribution in [1.82, 2.24) is 4.57 Å². The molecule has 0 radical (unpaired) electrons. The predicted octanol–water partition coefficient (Wildman–Crippen LogP) is 17.2. The van der Waals surface area contributed by atoms with Gasteiger partial charge in [-0.3, -0.25) is 0 Å². The Morgan fingerprint density at radius 1 is 0.266 bits per heavy atom. The van der Waals surface area contributed by atoms with Crippen LogP contribution in [0.5, 0.6) is 0 Å². The van der Waals surface area contributed by atoms with E-state index in [4.69, 9.17) is 0 Å². The highest BCUT2D eigenvalue weighted by Crippen LogP contribution is 2.46. The fourth-order valence-corrected chi connectivity index (χ4v) is 9.83. The summed E-state index contributed by atoms with van der Waals surface area (Å²) in [5.41, 5.74) is 16.3. The smallest absolute Gasteiger partial charge is 0.0541 e. The van der Waals surface area contributed by atoms with Crippen LogP contribution >= 0.6 is 0 Å². The van der Waals surface area contributed by atoms with Gasteiger partial charge in [0.05, 0.1) is 16.7 Å². The average Bonchev–Trinajstić information content (AvgIpc) is 3.71. The highest BCUT2D eigenvalue weighted by atomic mass is 15.1. The summed E-state index contributed by atoms with van der Waals surface area (Å²) in [7, 11) is 0. The Morgan fingerprint density at radius 2 is 0.781 bits per heavy atom. The molecule has 12 aromatic rings. The number of para-hydroxylation sites is 2. The summed E-state index contributed by atoms with van der Waals surface area (Å²) >= 11 is 0. The molecular weight excluding hydrogens is 773 g/mol. The molecule has 0 amide bonds. The van der Waals surface area contributed by atoms with Crippen LogP contribution in [0.3, 0.4) is 0 Å². The van der Waals surface area contributed by atoms with Crippen LogP contribution in [0.1, 0.15) is 0 Å². The van der Waals surface area contributed by atoms with Gasteiger partial charge in [-0.25, -0.2) is 0 Å². The van der Waals surface area contributed by atoms with E-state index >= 15 is 0 Å². The van der Waals surface area contributed by atoms with E-state index in [9.17, 15) is 0 Å². The molecule has 11 aromatic carbocycles. The quantitative estimate of drug-likeness (QED) is 0.148. The number of fused-ring (bicyclic) bond motifs is 5. The van der Waals surface area contributed by atoms with E-state index in [1.165, 1.54) is 76.7 Å². The van der Waals surface area contributed by atoms with Crippen LogP contribution in [0.4, 0.5) is 17.1 Å². The van der Waals surface area contributed by atoms with Gasteiger partial charge in [0.1, 0.15) is 0 Å². The van der Waals surface area contributed by atoms with Crippen LogP contribution in [0.15, 0.2) is 255 Å². The van der Waals surface area contributed by atoms with E-state index in [-0.39, 0.29) is 0 Å². The molecule has 0 saturated heterocycles. The van der Waals surface area contributed by atoms with E-state index in [0.717, 1.165) is 33.9 Å². The number of nitrogens with zero attached hydrogens (tertiary/aromatic N) is 2. The van der Waals surface area contributed by atoms with Gasteiger partial charge in [-0.05, 0) is 115 Å². The van der Waals surface area contributed by atoms with Gasteiger partial charge in [-0.2, -0.15) is 0 Å². The molecule has 2 heteroatoms. The van der Waals surface area contributed by atoms with Crippen molar-refractivity contribution in [2.75, 3.05) is 4.90 Å². The first-order valence-electron chi connectivity index (χ1n) is 22.0. The molecule has 300 valence electrons. The zero-order valence-electron chi connectivity index (χ0n) is 35.1. The molecule has 0 saturated carbocycles. The van der Waals surface area contributed by atoms with Gasteiger partial charge in [-0.1, -0.05) is 200 Å². The lowest BCUT2D eigenvalue weighted by molar-refractivity contribution is 1.18. The van der Waals surface area contributed by atoms with Crippen LogP contribution in [-0.2, 0) is 0 Å².